The summed E-state index contributed by atoms with van der Waals surface area (Å²) in [5.74, 6) is 4.60. The number of carbonyl (C=O) groups excluding carboxylic acids is 1. The summed E-state index contributed by atoms with van der Waals surface area (Å²) >= 11 is 0. The Bertz CT molecular complexity index is 428. The summed E-state index contributed by atoms with van der Waals surface area (Å²) in [6.07, 6.45) is 3.03. The van der Waals surface area contributed by atoms with Gasteiger partial charge in [0.15, 0.2) is 0 Å². The summed E-state index contributed by atoms with van der Waals surface area (Å²) in [6, 6.07) is 0. The Morgan fingerprint density at radius 1 is 1.48 bits per heavy atom. The SMILES string of the molecule is COC1(C#CCC(O)CCC(C)(O)COC(C)=O)CCCCO1. The summed E-state index contributed by atoms with van der Waals surface area (Å²) in [6.45, 7) is 3.41. The first-order valence-electron chi connectivity index (χ1n) is 8.01. The standard InChI is InChI=1S/C17H28O6/c1-14(18)22-13-16(2,20)11-8-15(19)7-6-10-17(21-3)9-4-5-12-23-17/h15,19-20H,4-5,7-9,11-13H2,1-3H3. The molecule has 0 saturated carbocycles. The zero-order chi connectivity index (χ0) is 17.3. The topological polar surface area (TPSA) is 85.2 Å². The van der Waals surface area contributed by atoms with Crippen molar-refractivity contribution in [2.24, 2.45) is 0 Å². The van der Waals surface area contributed by atoms with Gasteiger partial charge in [-0.15, -0.1) is 0 Å². The molecule has 2 N–H and O–H groups in total. The number of carbonyl (C=O) groups is 1. The third kappa shape index (κ3) is 7.80. The Morgan fingerprint density at radius 3 is 2.78 bits per heavy atom. The maximum atomic E-state index is 10.8. The van der Waals surface area contributed by atoms with Crippen LogP contribution in [0.4, 0.5) is 0 Å². The highest BCUT2D eigenvalue weighted by molar-refractivity contribution is 5.65. The average Bonchev–Trinajstić information content (AvgIpc) is 2.52. The molecule has 0 aromatic heterocycles. The quantitative estimate of drug-likeness (QED) is 0.542. The van der Waals surface area contributed by atoms with Crippen LogP contribution in [-0.4, -0.2) is 54.0 Å². The van der Waals surface area contributed by atoms with Crippen LogP contribution in [0.1, 0.15) is 52.4 Å². The van der Waals surface area contributed by atoms with Crippen molar-refractivity contribution >= 4 is 5.97 Å². The predicted molar refractivity (Wildman–Crippen MR) is 84.4 cm³/mol. The molecule has 1 rings (SSSR count). The average molecular weight is 328 g/mol. The van der Waals surface area contributed by atoms with E-state index in [1.165, 1.54) is 6.92 Å². The lowest BCUT2D eigenvalue weighted by Gasteiger charge is -2.30. The fraction of sp³-hybridized carbons (Fsp3) is 0.824. The summed E-state index contributed by atoms with van der Waals surface area (Å²) in [7, 11) is 1.57. The molecule has 0 spiro atoms. The van der Waals surface area contributed by atoms with Crippen LogP contribution in [0.15, 0.2) is 0 Å². The van der Waals surface area contributed by atoms with Gasteiger partial charge in [0, 0.05) is 26.9 Å². The number of aliphatic hydroxyl groups excluding tert-OH is 1. The van der Waals surface area contributed by atoms with Crippen LogP contribution in [0, 0.1) is 11.8 Å². The monoisotopic (exact) mass is 328 g/mol. The Kier molecular flexibility index (Phi) is 8.00. The van der Waals surface area contributed by atoms with Crippen LogP contribution in [0.25, 0.3) is 0 Å². The van der Waals surface area contributed by atoms with Crippen LogP contribution >= 0.6 is 0 Å². The molecule has 6 nitrogen and oxygen atoms in total. The molecular formula is C17H28O6. The van der Waals surface area contributed by atoms with Gasteiger partial charge in [0.1, 0.15) is 6.61 Å². The van der Waals surface area contributed by atoms with E-state index in [-0.39, 0.29) is 13.0 Å². The minimum Gasteiger partial charge on any atom is -0.463 e. The maximum absolute atomic E-state index is 10.8. The second-order valence-corrected chi connectivity index (χ2v) is 6.24. The molecule has 3 unspecified atom stereocenters. The fourth-order valence-electron chi connectivity index (χ4n) is 2.29. The molecule has 23 heavy (non-hydrogen) atoms. The van der Waals surface area contributed by atoms with Gasteiger partial charge in [-0.3, -0.25) is 4.79 Å². The molecule has 1 saturated heterocycles. The molecule has 6 heteroatoms. The van der Waals surface area contributed by atoms with Crippen molar-refractivity contribution in [3.05, 3.63) is 0 Å². The van der Waals surface area contributed by atoms with Crippen molar-refractivity contribution in [3.63, 3.8) is 0 Å². The highest BCUT2D eigenvalue weighted by atomic mass is 16.7. The van der Waals surface area contributed by atoms with Crippen LogP contribution in [-0.2, 0) is 19.0 Å². The molecule has 3 atom stereocenters. The van der Waals surface area contributed by atoms with Crippen molar-refractivity contribution in [1.29, 1.82) is 0 Å². The highest BCUT2D eigenvalue weighted by Gasteiger charge is 2.31. The van der Waals surface area contributed by atoms with Crippen molar-refractivity contribution in [1.82, 2.24) is 0 Å². The fourth-order valence-corrected chi connectivity index (χ4v) is 2.29. The number of esters is 1. The summed E-state index contributed by atoms with van der Waals surface area (Å²) in [4.78, 5) is 10.8. The van der Waals surface area contributed by atoms with E-state index in [0.717, 1.165) is 19.3 Å². The Labute approximate surface area is 138 Å². The lowest BCUT2D eigenvalue weighted by atomic mass is 9.98. The molecule has 0 radical (unpaired) electrons. The molecule has 1 heterocycles. The largest absolute Gasteiger partial charge is 0.463 e. The first-order chi connectivity index (χ1) is 10.8. The molecule has 0 aliphatic carbocycles. The number of methoxy groups -OCH3 is 1. The van der Waals surface area contributed by atoms with Crippen LogP contribution < -0.4 is 0 Å². The van der Waals surface area contributed by atoms with E-state index in [9.17, 15) is 15.0 Å². The zero-order valence-electron chi connectivity index (χ0n) is 14.3. The number of ether oxygens (including phenoxy) is 3. The minimum absolute atomic E-state index is 0.0820. The van der Waals surface area contributed by atoms with Crippen LogP contribution in [0.3, 0.4) is 0 Å². The molecule has 0 aromatic carbocycles. The van der Waals surface area contributed by atoms with E-state index in [1.54, 1.807) is 14.0 Å². The molecule has 1 aliphatic rings. The van der Waals surface area contributed by atoms with Crippen molar-refractivity contribution in [2.45, 2.75) is 69.9 Å². The Morgan fingerprint density at radius 2 is 2.22 bits per heavy atom. The van der Waals surface area contributed by atoms with Gasteiger partial charge < -0.3 is 24.4 Å². The van der Waals surface area contributed by atoms with Gasteiger partial charge in [-0.1, -0.05) is 5.92 Å². The Balaban J connectivity index is 2.38. The lowest BCUT2D eigenvalue weighted by Crippen LogP contribution is -2.36. The zero-order valence-corrected chi connectivity index (χ0v) is 14.3. The van der Waals surface area contributed by atoms with Gasteiger partial charge in [0.05, 0.1) is 18.3 Å². The molecule has 1 aliphatic heterocycles. The number of hydrogen-bond donors (Lipinski definition) is 2. The Hall–Kier alpha value is -1.13. The lowest BCUT2D eigenvalue weighted by molar-refractivity contribution is -0.201. The van der Waals surface area contributed by atoms with Gasteiger partial charge in [0.25, 0.3) is 0 Å². The maximum Gasteiger partial charge on any atom is 0.302 e. The minimum atomic E-state index is -1.15. The smallest absolute Gasteiger partial charge is 0.302 e. The molecule has 1 fully saturated rings. The van der Waals surface area contributed by atoms with E-state index in [2.05, 4.69) is 11.8 Å². The molecule has 132 valence electrons. The van der Waals surface area contributed by atoms with Crippen molar-refractivity contribution in [3.8, 4) is 11.8 Å². The molecule has 0 bridgehead atoms. The van der Waals surface area contributed by atoms with E-state index >= 15 is 0 Å². The van der Waals surface area contributed by atoms with Gasteiger partial charge in [-0.05, 0) is 38.5 Å². The van der Waals surface area contributed by atoms with E-state index in [4.69, 9.17) is 14.2 Å². The molecule has 0 amide bonds. The number of aliphatic hydroxyl groups is 2. The number of rotatable bonds is 7. The van der Waals surface area contributed by atoms with Crippen LogP contribution in [0.2, 0.25) is 0 Å². The summed E-state index contributed by atoms with van der Waals surface area (Å²) in [5, 5.41) is 20.0. The second kappa shape index (κ2) is 9.24. The highest BCUT2D eigenvalue weighted by Crippen LogP contribution is 2.25. The van der Waals surface area contributed by atoms with Gasteiger partial charge >= 0.3 is 5.97 Å². The first-order valence-corrected chi connectivity index (χ1v) is 8.01. The third-order valence-corrected chi connectivity index (χ3v) is 3.78. The van der Waals surface area contributed by atoms with Crippen molar-refractivity contribution in [2.75, 3.05) is 20.3 Å². The second-order valence-electron chi connectivity index (χ2n) is 6.24. The van der Waals surface area contributed by atoms with Crippen molar-refractivity contribution < 1.29 is 29.2 Å². The molecule has 0 aromatic rings. The summed E-state index contributed by atoms with van der Waals surface area (Å²) in [5.41, 5.74) is -1.15. The summed E-state index contributed by atoms with van der Waals surface area (Å²) < 4.78 is 15.8. The number of hydrogen-bond acceptors (Lipinski definition) is 6. The van der Waals surface area contributed by atoms with E-state index < -0.39 is 23.5 Å². The normalized spacial score (nSPS) is 24.9. The van der Waals surface area contributed by atoms with E-state index in [0.29, 0.717) is 19.4 Å². The third-order valence-electron chi connectivity index (χ3n) is 3.78. The van der Waals surface area contributed by atoms with Gasteiger partial charge in [-0.2, -0.15) is 0 Å². The first kappa shape index (κ1) is 19.9. The van der Waals surface area contributed by atoms with E-state index in [1.807, 2.05) is 0 Å². The van der Waals surface area contributed by atoms with Crippen LogP contribution in [0.5, 0.6) is 0 Å². The predicted octanol–water partition coefficient (Wildman–Crippen LogP) is 1.38. The van der Waals surface area contributed by atoms with Gasteiger partial charge in [0.2, 0.25) is 5.79 Å². The molecular weight excluding hydrogens is 300 g/mol. The van der Waals surface area contributed by atoms with Gasteiger partial charge in [-0.25, -0.2) is 0 Å².